The highest BCUT2D eigenvalue weighted by molar-refractivity contribution is 5.75. The molecule has 0 aliphatic carbocycles. The van der Waals surface area contributed by atoms with Gasteiger partial charge in [0, 0.05) is 31.3 Å². The molecule has 0 saturated carbocycles. The fraction of sp³-hybridized carbons (Fsp3) is 0.500. The minimum Gasteiger partial charge on any atom is -0.352 e. The highest BCUT2D eigenvalue weighted by Gasteiger charge is 2.21. The maximum absolute atomic E-state index is 11.9. The van der Waals surface area contributed by atoms with Crippen molar-refractivity contribution in [3.05, 3.63) is 39.0 Å². The number of nitrogens with zero attached hydrogens (tertiary/aromatic N) is 5. The van der Waals surface area contributed by atoms with Crippen LogP contribution in [0.1, 0.15) is 29.1 Å². The van der Waals surface area contributed by atoms with Crippen LogP contribution in [0.2, 0.25) is 0 Å². The van der Waals surface area contributed by atoms with E-state index in [1.54, 1.807) is 24.7 Å². The van der Waals surface area contributed by atoms with Gasteiger partial charge in [0.25, 0.3) is 0 Å². The molecule has 23 heavy (non-hydrogen) atoms. The van der Waals surface area contributed by atoms with Crippen molar-refractivity contribution in [2.24, 2.45) is 7.05 Å². The van der Waals surface area contributed by atoms with Crippen LogP contribution in [-0.4, -0.2) is 30.4 Å². The summed E-state index contributed by atoms with van der Waals surface area (Å²) in [5.74, 6) is -0.136. The SMILES string of the molecule is Cc1nn(CCC(=O)NCc2cnn(C)c2C)c(C)c1[N+](=O)[O-]. The van der Waals surface area contributed by atoms with E-state index in [2.05, 4.69) is 15.5 Å². The van der Waals surface area contributed by atoms with Crippen LogP contribution in [0, 0.1) is 30.9 Å². The number of hydrogen-bond acceptors (Lipinski definition) is 5. The van der Waals surface area contributed by atoms with Gasteiger partial charge in [0.15, 0.2) is 0 Å². The second-order valence-electron chi connectivity index (χ2n) is 5.41. The zero-order valence-corrected chi connectivity index (χ0v) is 13.7. The molecule has 2 aromatic rings. The molecule has 2 heterocycles. The molecule has 0 saturated heterocycles. The van der Waals surface area contributed by atoms with Gasteiger partial charge in [-0.2, -0.15) is 10.2 Å². The van der Waals surface area contributed by atoms with Crippen LogP contribution in [0.3, 0.4) is 0 Å². The van der Waals surface area contributed by atoms with E-state index in [0.29, 0.717) is 24.5 Å². The second-order valence-corrected chi connectivity index (χ2v) is 5.41. The Hall–Kier alpha value is -2.71. The minimum absolute atomic E-state index is 0.0105. The second kappa shape index (κ2) is 6.59. The van der Waals surface area contributed by atoms with Crippen LogP contribution in [0.15, 0.2) is 6.20 Å². The molecule has 2 aromatic heterocycles. The molecule has 1 amide bonds. The lowest BCUT2D eigenvalue weighted by Crippen LogP contribution is -2.24. The Morgan fingerprint density at radius 1 is 1.35 bits per heavy atom. The van der Waals surface area contributed by atoms with Crippen LogP contribution in [0.4, 0.5) is 5.69 Å². The Labute approximate surface area is 133 Å². The largest absolute Gasteiger partial charge is 0.352 e. The third-order valence-electron chi connectivity index (χ3n) is 3.89. The van der Waals surface area contributed by atoms with E-state index in [9.17, 15) is 14.9 Å². The van der Waals surface area contributed by atoms with Crippen molar-refractivity contribution >= 4 is 11.6 Å². The van der Waals surface area contributed by atoms with Gasteiger partial charge in [0.2, 0.25) is 5.91 Å². The molecule has 124 valence electrons. The van der Waals surface area contributed by atoms with Gasteiger partial charge in [0.05, 0.1) is 17.7 Å². The average molecular weight is 320 g/mol. The Bertz CT molecular complexity index is 746. The summed E-state index contributed by atoms with van der Waals surface area (Å²) in [4.78, 5) is 22.4. The first-order valence-electron chi connectivity index (χ1n) is 7.23. The van der Waals surface area contributed by atoms with Crippen molar-refractivity contribution in [1.82, 2.24) is 24.9 Å². The van der Waals surface area contributed by atoms with Crippen LogP contribution < -0.4 is 5.32 Å². The van der Waals surface area contributed by atoms with Gasteiger partial charge in [-0.05, 0) is 20.8 Å². The molecule has 0 radical (unpaired) electrons. The van der Waals surface area contributed by atoms with Gasteiger partial charge in [-0.3, -0.25) is 24.3 Å². The number of nitrogens with one attached hydrogen (secondary N) is 1. The summed E-state index contributed by atoms with van der Waals surface area (Å²) >= 11 is 0. The molecule has 0 aliphatic heterocycles. The van der Waals surface area contributed by atoms with Crippen molar-refractivity contribution in [2.45, 2.75) is 40.3 Å². The molecule has 2 rings (SSSR count). The number of nitro groups is 1. The summed E-state index contributed by atoms with van der Waals surface area (Å²) in [7, 11) is 1.84. The molecule has 0 unspecified atom stereocenters. The minimum atomic E-state index is -0.445. The van der Waals surface area contributed by atoms with E-state index in [4.69, 9.17) is 0 Å². The third kappa shape index (κ3) is 3.55. The first-order valence-corrected chi connectivity index (χ1v) is 7.23. The molecule has 0 aromatic carbocycles. The number of aromatic nitrogens is 4. The monoisotopic (exact) mass is 320 g/mol. The summed E-state index contributed by atoms with van der Waals surface area (Å²) in [6, 6.07) is 0. The van der Waals surface area contributed by atoms with E-state index in [1.165, 1.54) is 4.68 Å². The number of amides is 1. The van der Waals surface area contributed by atoms with E-state index in [1.807, 2.05) is 14.0 Å². The zero-order valence-electron chi connectivity index (χ0n) is 13.7. The maximum atomic E-state index is 11.9. The topological polar surface area (TPSA) is 108 Å². The summed E-state index contributed by atoms with van der Waals surface area (Å²) in [5, 5.41) is 22.0. The van der Waals surface area contributed by atoms with Gasteiger partial charge in [-0.25, -0.2) is 0 Å². The van der Waals surface area contributed by atoms with E-state index in [-0.39, 0.29) is 18.0 Å². The highest BCUT2D eigenvalue weighted by Crippen LogP contribution is 2.21. The van der Waals surface area contributed by atoms with Crippen LogP contribution in [0.25, 0.3) is 0 Å². The maximum Gasteiger partial charge on any atom is 0.312 e. The summed E-state index contributed by atoms with van der Waals surface area (Å²) in [6.07, 6.45) is 1.93. The normalized spacial score (nSPS) is 10.8. The smallest absolute Gasteiger partial charge is 0.312 e. The van der Waals surface area contributed by atoms with Gasteiger partial charge in [0.1, 0.15) is 11.4 Å². The Balaban J connectivity index is 1.91. The Morgan fingerprint density at radius 2 is 2.04 bits per heavy atom. The lowest BCUT2D eigenvalue weighted by molar-refractivity contribution is -0.386. The van der Waals surface area contributed by atoms with E-state index < -0.39 is 4.92 Å². The number of hydrogen-bond donors (Lipinski definition) is 1. The fourth-order valence-electron chi connectivity index (χ4n) is 2.38. The van der Waals surface area contributed by atoms with Crippen molar-refractivity contribution in [3.8, 4) is 0 Å². The van der Waals surface area contributed by atoms with Crippen LogP contribution in [0.5, 0.6) is 0 Å². The van der Waals surface area contributed by atoms with Gasteiger partial charge in [-0.1, -0.05) is 0 Å². The number of carbonyl (C=O) groups excluding carboxylic acids is 1. The molecule has 9 nitrogen and oxygen atoms in total. The van der Waals surface area contributed by atoms with Crippen molar-refractivity contribution in [3.63, 3.8) is 0 Å². The molecule has 0 bridgehead atoms. The average Bonchev–Trinajstić information content (AvgIpc) is 2.95. The summed E-state index contributed by atoms with van der Waals surface area (Å²) in [5.41, 5.74) is 2.79. The molecular weight excluding hydrogens is 300 g/mol. The molecule has 1 N–H and O–H groups in total. The van der Waals surface area contributed by atoms with Gasteiger partial charge in [-0.15, -0.1) is 0 Å². The van der Waals surface area contributed by atoms with Crippen LogP contribution in [-0.2, 0) is 24.9 Å². The number of rotatable bonds is 6. The standard InChI is InChI=1S/C14H20N6O3/c1-9-14(20(22)23)11(3)19(17-9)6-5-13(21)15-7-12-8-16-18(4)10(12)2/h8H,5-7H2,1-4H3,(H,15,21). The van der Waals surface area contributed by atoms with Crippen molar-refractivity contribution in [1.29, 1.82) is 0 Å². The molecule has 9 heteroatoms. The van der Waals surface area contributed by atoms with Crippen molar-refractivity contribution < 1.29 is 9.72 Å². The van der Waals surface area contributed by atoms with Gasteiger partial charge >= 0.3 is 5.69 Å². The number of carbonyl (C=O) groups is 1. The van der Waals surface area contributed by atoms with Crippen LogP contribution >= 0.6 is 0 Å². The van der Waals surface area contributed by atoms with E-state index >= 15 is 0 Å². The fourth-order valence-corrected chi connectivity index (χ4v) is 2.38. The summed E-state index contributed by atoms with van der Waals surface area (Å²) in [6.45, 7) is 5.87. The molecule has 0 atom stereocenters. The zero-order chi connectivity index (χ0) is 17.1. The number of aryl methyl sites for hydroxylation is 3. The quantitative estimate of drug-likeness (QED) is 0.634. The van der Waals surface area contributed by atoms with Gasteiger partial charge < -0.3 is 5.32 Å². The van der Waals surface area contributed by atoms with Crippen molar-refractivity contribution in [2.75, 3.05) is 0 Å². The summed E-state index contributed by atoms with van der Waals surface area (Å²) < 4.78 is 3.25. The highest BCUT2D eigenvalue weighted by atomic mass is 16.6. The Morgan fingerprint density at radius 3 is 2.57 bits per heavy atom. The van der Waals surface area contributed by atoms with E-state index in [0.717, 1.165) is 11.3 Å². The molecule has 0 aliphatic rings. The predicted octanol–water partition coefficient (Wildman–Crippen LogP) is 1.16. The first-order chi connectivity index (χ1) is 10.8. The predicted molar refractivity (Wildman–Crippen MR) is 82.8 cm³/mol. The first kappa shape index (κ1) is 16.7. The lowest BCUT2D eigenvalue weighted by Gasteiger charge is -2.06. The molecule has 0 fully saturated rings. The molecular formula is C14H20N6O3. The third-order valence-corrected chi connectivity index (χ3v) is 3.89. The molecule has 0 spiro atoms. The lowest BCUT2D eigenvalue weighted by atomic mass is 10.2. The Kier molecular flexibility index (Phi) is 4.77.